The number of urea groups is 1. The fourth-order valence-corrected chi connectivity index (χ4v) is 3.89. The molecule has 0 fully saturated rings. The summed E-state index contributed by atoms with van der Waals surface area (Å²) in [5.74, 6) is 1.57. The Morgan fingerprint density at radius 2 is 1.81 bits per heavy atom. The number of hydrogen-bond donors (Lipinski definition) is 2. The molecule has 186 valence electrons. The number of nitrogens with one attached hydrogen (secondary N) is 2. The highest BCUT2D eigenvalue weighted by Crippen LogP contribution is 2.33. The van der Waals surface area contributed by atoms with Gasteiger partial charge < -0.3 is 10.1 Å². The van der Waals surface area contributed by atoms with Gasteiger partial charge in [0.05, 0.1) is 22.6 Å². The number of amides is 2. The molecule has 0 spiro atoms. The lowest BCUT2D eigenvalue weighted by Gasteiger charge is -2.13. The monoisotopic (exact) mass is 513 g/mol. The molecule has 5 aromatic rings. The molecular weight excluding hydrogens is 490 g/mol. The smallest absolute Gasteiger partial charge is 0.324 e. The average molecular weight is 514 g/mol. The number of aryl methyl sites for hydroxylation is 1. The van der Waals surface area contributed by atoms with Crippen LogP contribution in [0.1, 0.15) is 31.0 Å². The fourth-order valence-electron chi connectivity index (χ4n) is 3.75. The highest BCUT2D eigenvalue weighted by Gasteiger charge is 2.16. The minimum atomic E-state index is -0.424. The number of fused-ring (bicyclic) bond motifs is 1. The van der Waals surface area contributed by atoms with Crippen molar-refractivity contribution in [1.82, 2.24) is 24.7 Å². The number of halogens is 1. The molecule has 0 radical (unpaired) electrons. The Hall–Kier alpha value is -4.50. The van der Waals surface area contributed by atoms with E-state index in [0.29, 0.717) is 34.0 Å². The highest BCUT2D eigenvalue weighted by molar-refractivity contribution is 6.28. The number of pyridine rings is 1. The molecule has 0 aliphatic carbocycles. The fraction of sp³-hybridized carbons (Fsp3) is 0.148. The summed E-state index contributed by atoms with van der Waals surface area (Å²) in [5, 5.41) is 11.3. The van der Waals surface area contributed by atoms with Crippen LogP contribution in [0.5, 0.6) is 11.6 Å². The van der Waals surface area contributed by atoms with Crippen molar-refractivity contribution in [2.75, 3.05) is 10.6 Å². The number of benzene rings is 2. The zero-order chi connectivity index (χ0) is 25.9. The van der Waals surface area contributed by atoms with Gasteiger partial charge in [0.1, 0.15) is 11.6 Å². The second-order valence-electron chi connectivity index (χ2n) is 8.71. The summed E-state index contributed by atoms with van der Waals surface area (Å²) in [7, 11) is 0. The molecule has 9 nitrogen and oxygen atoms in total. The van der Waals surface area contributed by atoms with Crippen molar-refractivity contribution in [1.29, 1.82) is 0 Å². The normalized spacial score (nSPS) is 11.1. The Labute approximate surface area is 218 Å². The first-order chi connectivity index (χ1) is 17.9. The molecule has 3 aromatic heterocycles. The van der Waals surface area contributed by atoms with Crippen LogP contribution in [0.15, 0.2) is 73.1 Å². The summed E-state index contributed by atoms with van der Waals surface area (Å²) in [6.45, 7) is 6.14. The summed E-state index contributed by atoms with van der Waals surface area (Å²) in [5.41, 5.74) is 3.94. The van der Waals surface area contributed by atoms with Crippen molar-refractivity contribution in [3.63, 3.8) is 0 Å². The molecule has 2 amide bonds. The number of anilines is 2. The molecule has 0 saturated heterocycles. The van der Waals surface area contributed by atoms with E-state index < -0.39 is 6.03 Å². The van der Waals surface area contributed by atoms with Crippen molar-refractivity contribution in [3.8, 4) is 17.3 Å². The summed E-state index contributed by atoms with van der Waals surface area (Å²) in [4.78, 5) is 25.5. The van der Waals surface area contributed by atoms with Crippen LogP contribution in [-0.2, 0) is 0 Å². The zero-order valence-electron chi connectivity index (χ0n) is 20.4. The van der Waals surface area contributed by atoms with Gasteiger partial charge in [-0.2, -0.15) is 10.1 Å². The quantitative estimate of drug-likeness (QED) is 0.244. The largest absolute Gasteiger partial charge is 0.438 e. The Kier molecular flexibility index (Phi) is 6.70. The third-order valence-corrected chi connectivity index (χ3v) is 5.82. The molecule has 0 unspecified atom stereocenters. The SMILES string of the molecule is Cc1ccc(-n2nc(C(C)C)cc2NC(=O)Nc2ccc(Oc3ccnc(Cl)n3)c3cccnc23)cc1. The molecule has 0 atom stereocenters. The lowest BCUT2D eigenvalue weighted by atomic mass is 10.1. The molecule has 3 heterocycles. The first-order valence-corrected chi connectivity index (χ1v) is 12.0. The van der Waals surface area contributed by atoms with E-state index in [9.17, 15) is 4.79 Å². The number of ether oxygens (including phenoxy) is 1. The van der Waals surface area contributed by atoms with E-state index in [1.807, 2.05) is 43.3 Å². The van der Waals surface area contributed by atoms with Crippen LogP contribution in [0.4, 0.5) is 16.3 Å². The second kappa shape index (κ2) is 10.2. The minimum absolute atomic E-state index is 0.0837. The molecular formula is C27H24ClN7O2. The van der Waals surface area contributed by atoms with E-state index in [1.54, 1.807) is 35.1 Å². The van der Waals surface area contributed by atoms with E-state index in [0.717, 1.165) is 16.9 Å². The van der Waals surface area contributed by atoms with Gasteiger partial charge in [-0.15, -0.1) is 0 Å². The summed E-state index contributed by atoms with van der Waals surface area (Å²) >= 11 is 5.88. The first kappa shape index (κ1) is 24.2. The highest BCUT2D eigenvalue weighted by atomic mass is 35.5. The van der Waals surface area contributed by atoms with Crippen molar-refractivity contribution < 1.29 is 9.53 Å². The van der Waals surface area contributed by atoms with Gasteiger partial charge in [0.15, 0.2) is 0 Å². The Morgan fingerprint density at radius 1 is 1.00 bits per heavy atom. The van der Waals surface area contributed by atoms with Crippen LogP contribution in [0.2, 0.25) is 5.28 Å². The molecule has 37 heavy (non-hydrogen) atoms. The third kappa shape index (κ3) is 5.36. The lowest BCUT2D eigenvalue weighted by molar-refractivity contribution is 0.262. The van der Waals surface area contributed by atoms with Gasteiger partial charge in [-0.3, -0.25) is 10.3 Å². The Bertz CT molecular complexity index is 1580. The number of rotatable bonds is 6. The predicted molar refractivity (Wildman–Crippen MR) is 144 cm³/mol. The first-order valence-electron chi connectivity index (χ1n) is 11.7. The molecule has 2 N–H and O–H groups in total. The van der Waals surface area contributed by atoms with E-state index >= 15 is 0 Å². The van der Waals surface area contributed by atoms with E-state index in [2.05, 4.69) is 39.4 Å². The number of nitrogens with zero attached hydrogens (tertiary/aromatic N) is 5. The zero-order valence-corrected chi connectivity index (χ0v) is 21.2. The minimum Gasteiger partial charge on any atom is -0.438 e. The predicted octanol–water partition coefficient (Wildman–Crippen LogP) is 6.73. The van der Waals surface area contributed by atoms with Crippen molar-refractivity contribution >= 4 is 40.0 Å². The maximum Gasteiger partial charge on any atom is 0.324 e. The third-order valence-electron chi connectivity index (χ3n) is 5.63. The van der Waals surface area contributed by atoms with Crippen LogP contribution in [0.3, 0.4) is 0 Å². The molecule has 0 saturated carbocycles. The van der Waals surface area contributed by atoms with Crippen LogP contribution < -0.4 is 15.4 Å². The maximum atomic E-state index is 13.1. The van der Waals surface area contributed by atoms with Gasteiger partial charge in [0.25, 0.3) is 0 Å². The molecule has 0 bridgehead atoms. The second-order valence-corrected chi connectivity index (χ2v) is 9.05. The van der Waals surface area contributed by atoms with E-state index in [-0.39, 0.29) is 11.2 Å². The van der Waals surface area contributed by atoms with Gasteiger partial charge in [0, 0.05) is 29.9 Å². The van der Waals surface area contributed by atoms with Gasteiger partial charge in [-0.05, 0) is 60.8 Å². The Balaban J connectivity index is 1.42. The van der Waals surface area contributed by atoms with Gasteiger partial charge in [-0.1, -0.05) is 31.5 Å². The van der Waals surface area contributed by atoms with E-state index in [4.69, 9.17) is 21.4 Å². The lowest BCUT2D eigenvalue weighted by Crippen LogP contribution is -2.21. The van der Waals surface area contributed by atoms with E-state index in [1.165, 1.54) is 6.20 Å². The number of hydrogen-bond acceptors (Lipinski definition) is 6. The van der Waals surface area contributed by atoms with Crippen molar-refractivity contribution in [2.45, 2.75) is 26.7 Å². The van der Waals surface area contributed by atoms with Crippen molar-refractivity contribution in [3.05, 3.63) is 89.6 Å². The van der Waals surface area contributed by atoms with Crippen LogP contribution in [0.25, 0.3) is 16.6 Å². The van der Waals surface area contributed by atoms with Crippen LogP contribution in [-0.4, -0.2) is 30.8 Å². The standard InChI is InChI=1S/C27H24ClN7O2/c1-16(2)21-15-23(35(34-21)18-8-6-17(3)7-9-18)32-27(36)31-20-10-11-22(19-5-4-13-29-25(19)20)37-24-12-14-30-26(28)33-24/h4-16H,1-3H3,(H2,31,32,36). The van der Waals surface area contributed by atoms with Crippen molar-refractivity contribution in [2.24, 2.45) is 0 Å². The molecule has 0 aliphatic rings. The summed E-state index contributed by atoms with van der Waals surface area (Å²) in [6.07, 6.45) is 3.16. The Morgan fingerprint density at radius 3 is 2.57 bits per heavy atom. The van der Waals surface area contributed by atoms with Gasteiger partial charge >= 0.3 is 6.03 Å². The van der Waals surface area contributed by atoms with Gasteiger partial charge in [0.2, 0.25) is 11.2 Å². The molecule has 2 aromatic carbocycles. The summed E-state index contributed by atoms with van der Waals surface area (Å²) < 4.78 is 7.64. The van der Waals surface area contributed by atoms with Crippen LogP contribution in [0, 0.1) is 6.92 Å². The number of carbonyl (C=O) groups excluding carboxylic acids is 1. The van der Waals surface area contributed by atoms with Crippen LogP contribution >= 0.6 is 11.6 Å². The average Bonchev–Trinajstić information content (AvgIpc) is 3.30. The number of aromatic nitrogens is 5. The molecule has 10 heteroatoms. The number of carbonyl (C=O) groups is 1. The summed E-state index contributed by atoms with van der Waals surface area (Å²) in [6, 6.07) is 18.1. The molecule has 0 aliphatic heterocycles. The van der Waals surface area contributed by atoms with Gasteiger partial charge in [-0.25, -0.2) is 14.5 Å². The molecule has 5 rings (SSSR count). The topological polar surface area (TPSA) is 107 Å². The maximum absolute atomic E-state index is 13.1.